The van der Waals surface area contributed by atoms with E-state index in [-0.39, 0.29) is 21.4 Å². The maximum absolute atomic E-state index is 12.7. The lowest BCUT2D eigenvalue weighted by Crippen LogP contribution is -2.31. The maximum atomic E-state index is 12.7. The second-order valence-corrected chi connectivity index (χ2v) is 10.2. The first-order valence-electron chi connectivity index (χ1n) is 8.42. The number of nitrogens with one attached hydrogen (secondary N) is 2. The van der Waals surface area contributed by atoms with Crippen LogP contribution in [0, 0.1) is 5.41 Å². The number of hydrogen-bond acceptors (Lipinski definition) is 6. The van der Waals surface area contributed by atoms with Gasteiger partial charge in [-0.25, -0.2) is 13.1 Å². The lowest BCUT2D eigenvalue weighted by molar-refractivity contribution is -0.123. The van der Waals surface area contributed by atoms with Crippen molar-refractivity contribution >= 4 is 32.4 Å². The number of fused-ring (bicyclic) bond motifs is 1. The molecule has 1 heterocycles. The second-order valence-electron chi connectivity index (χ2n) is 7.34. The van der Waals surface area contributed by atoms with Gasteiger partial charge in [-0.15, -0.1) is 10.2 Å². The van der Waals surface area contributed by atoms with Gasteiger partial charge in [-0.2, -0.15) is 0 Å². The number of anilines is 1. The Morgan fingerprint density at radius 3 is 2.69 bits per heavy atom. The van der Waals surface area contributed by atoms with Gasteiger partial charge in [-0.1, -0.05) is 56.4 Å². The van der Waals surface area contributed by atoms with Crippen LogP contribution < -0.4 is 10.0 Å². The Bertz CT molecular complexity index is 916. The van der Waals surface area contributed by atoms with E-state index >= 15 is 0 Å². The number of carbonyl (C=O) groups is 1. The van der Waals surface area contributed by atoms with Crippen LogP contribution in [0.5, 0.6) is 0 Å². The molecule has 1 aliphatic rings. The van der Waals surface area contributed by atoms with Crippen molar-refractivity contribution in [1.29, 1.82) is 0 Å². The topological polar surface area (TPSA) is 101 Å². The molecular formula is C17H22N4O3S2. The number of aromatic nitrogens is 2. The fourth-order valence-electron chi connectivity index (χ4n) is 2.77. The quantitative estimate of drug-likeness (QED) is 0.777. The lowest BCUT2D eigenvalue weighted by Gasteiger charge is -2.25. The van der Waals surface area contributed by atoms with Gasteiger partial charge in [-0.05, 0) is 30.4 Å². The van der Waals surface area contributed by atoms with Crippen LogP contribution in [0.15, 0.2) is 28.6 Å². The molecule has 0 unspecified atom stereocenters. The summed E-state index contributed by atoms with van der Waals surface area (Å²) < 4.78 is 28.0. The molecule has 1 aromatic carbocycles. The van der Waals surface area contributed by atoms with Gasteiger partial charge in [0.15, 0.2) is 0 Å². The first-order chi connectivity index (χ1) is 12.2. The van der Waals surface area contributed by atoms with Crippen LogP contribution >= 0.6 is 11.3 Å². The average molecular weight is 395 g/mol. The van der Waals surface area contributed by atoms with E-state index in [2.05, 4.69) is 20.2 Å². The molecule has 26 heavy (non-hydrogen) atoms. The minimum absolute atomic E-state index is 0.148. The molecule has 0 fully saturated rings. The van der Waals surface area contributed by atoms with Crippen LogP contribution in [0.4, 0.5) is 5.13 Å². The van der Waals surface area contributed by atoms with Crippen molar-refractivity contribution in [3.05, 3.63) is 35.4 Å². The summed E-state index contributed by atoms with van der Waals surface area (Å²) in [5.41, 5.74) is 1.57. The molecule has 0 saturated heterocycles. The summed E-state index contributed by atoms with van der Waals surface area (Å²) in [7, 11) is -3.81. The number of benzene rings is 1. The predicted octanol–water partition coefficient (Wildman–Crippen LogP) is 2.88. The summed E-state index contributed by atoms with van der Waals surface area (Å²) in [5, 5.41) is 10.3. The van der Waals surface area contributed by atoms with Crippen molar-refractivity contribution in [2.45, 2.75) is 50.4 Å². The van der Waals surface area contributed by atoms with Crippen molar-refractivity contribution in [2.24, 2.45) is 5.41 Å². The Balaban J connectivity index is 1.77. The van der Waals surface area contributed by atoms with Gasteiger partial charge in [0.25, 0.3) is 10.0 Å². The molecule has 1 aliphatic carbocycles. The average Bonchev–Trinajstić information content (AvgIpc) is 3.03. The number of hydrogen-bond donors (Lipinski definition) is 2. The number of carbonyl (C=O) groups excluding carboxylic acids is 1. The minimum atomic E-state index is -3.81. The Kier molecular flexibility index (Phi) is 5.14. The number of nitrogens with zero attached hydrogens (tertiary/aromatic N) is 2. The number of aryl methyl sites for hydroxylation is 1. The normalized spacial score (nSPS) is 17.6. The zero-order valence-electron chi connectivity index (χ0n) is 14.9. The largest absolute Gasteiger partial charge is 0.300 e. The minimum Gasteiger partial charge on any atom is -0.300 e. The first kappa shape index (κ1) is 18.9. The molecule has 3 rings (SSSR count). The second kappa shape index (κ2) is 7.05. The van der Waals surface area contributed by atoms with Crippen LogP contribution in [0.1, 0.15) is 50.8 Å². The van der Waals surface area contributed by atoms with Crippen LogP contribution in [-0.4, -0.2) is 24.5 Å². The molecule has 0 radical (unpaired) electrons. The van der Waals surface area contributed by atoms with Crippen LogP contribution in [-0.2, 0) is 21.2 Å². The summed E-state index contributed by atoms with van der Waals surface area (Å²) in [6, 6.07) is 7.58. The molecule has 0 bridgehead atoms. The fourth-order valence-corrected chi connectivity index (χ4v) is 4.93. The van der Waals surface area contributed by atoms with Crippen molar-refractivity contribution in [1.82, 2.24) is 14.9 Å². The highest BCUT2D eigenvalue weighted by atomic mass is 32.2. The lowest BCUT2D eigenvalue weighted by atomic mass is 9.88. The third-order valence-electron chi connectivity index (χ3n) is 4.20. The summed E-state index contributed by atoms with van der Waals surface area (Å²) in [4.78, 5) is 12.0. The molecule has 1 atom stereocenters. The van der Waals surface area contributed by atoms with Crippen molar-refractivity contribution < 1.29 is 13.2 Å². The Hall–Kier alpha value is -1.84. The van der Waals surface area contributed by atoms with E-state index in [1.54, 1.807) is 20.8 Å². The van der Waals surface area contributed by atoms with Gasteiger partial charge in [0, 0.05) is 11.5 Å². The molecule has 140 valence electrons. The van der Waals surface area contributed by atoms with Gasteiger partial charge in [-0.3, -0.25) is 4.79 Å². The van der Waals surface area contributed by atoms with Crippen molar-refractivity contribution in [3.8, 4) is 0 Å². The number of sulfonamides is 1. The van der Waals surface area contributed by atoms with Gasteiger partial charge in [0.1, 0.15) is 0 Å². The van der Waals surface area contributed by atoms with Crippen molar-refractivity contribution in [2.75, 3.05) is 5.32 Å². The summed E-state index contributed by atoms with van der Waals surface area (Å²) >= 11 is 0.850. The Morgan fingerprint density at radius 1 is 1.23 bits per heavy atom. The number of amides is 1. The number of rotatable bonds is 4. The Morgan fingerprint density at radius 2 is 1.96 bits per heavy atom. The van der Waals surface area contributed by atoms with E-state index in [0.717, 1.165) is 36.2 Å². The van der Waals surface area contributed by atoms with Gasteiger partial charge < -0.3 is 5.32 Å². The van der Waals surface area contributed by atoms with E-state index < -0.39 is 15.4 Å². The molecule has 9 heteroatoms. The van der Waals surface area contributed by atoms with E-state index in [9.17, 15) is 13.2 Å². The molecule has 0 aliphatic heterocycles. The standard InChI is InChI=1S/C17H22N4O3S2/c1-17(2,3)14(22)18-15-19-20-16(25-15)26(23,24)21-13-10-6-8-11-7-4-5-9-12(11)13/h4-5,7,9,13,21H,6,8,10H2,1-3H3,(H,18,19,22)/t13-/m1/s1. The van der Waals surface area contributed by atoms with Gasteiger partial charge >= 0.3 is 0 Å². The molecule has 0 spiro atoms. The van der Waals surface area contributed by atoms with E-state index in [4.69, 9.17) is 0 Å². The van der Waals surface area contributed by atoms with E-state index in [0.29, 0.717) is 0 Å². The SMILES string of the molecule is CC(C)(C)C(=O)Nc1nnc(S(=O)(=O)N[C@@H]2CCCc3ccccc32)s1. The monoisotopic (exact) mass is 394 g/mol. The summed E-state index contributed by atoms with van der Waals surface area (Å²) in [6.07, 6.45) is 2.62. The molecule has 0 saturated carbocycles. The fraction of sp³-hybridized carbons (Fsp3) is 0.471. The highest BCUT2D eigenvalue weighted by molar-refractivity contribution is 7.91. The third kappa shape index (κ3) is 4.11. The Labute approximate surface area is 157 Å². The molecule has 2 aromatic rings. The highest BCUT2D eigenvalue weighted by Crippen LogP contribution is 2.31. The summed E-state index contributed by atoms with van der Waals surface area (Å²) in [5.74, 6) is -0.244. The molecular weight excluding hydrogens is 372 g/mol. The van der Waals surface area contributed by atoms with E-state index in [1.165, 1.54) is 5.56 Å². The summed E-state index contributed by atoms with van der Waals surface area (Å²) in [6.45, 7) is 5.30. The van der Waals surface area contributed by atoms with E-state index in [1.807, 2.05) is 24.3 Å². The van der Waals surface area contributed by atoms with Crippen molar-refractivity contribution in [3.63, 3.8) is 0 Å². The molecule has 1 amide bonds. The van der Waals surface area contributed by atoms with Crippen LogP contribution in [0.25, 0.3) is 0 Å². The molecule has 2 N–H and O–H groups in total. The third-order valence-corrected chi connectivity index (χ3v) is 6.88. The van der Waals surface area contributed by atoms with Gasteiger partial charge in [0.2, 0.25) is 15.4 Å². The highest BCUT2D eigenvalue weighted by Gasteiger charge is 2.29. The zero-order chi connectivity index (χ0) is 18.9. The zero-order valence-corrected chi connectivity index (χ0v) is 16.6. The smallest absolute Gasteiger partial charge is 0.270 e. The van der Waals surface area contributed by atoms with Crippen LogP contribution in [0.3, 0.4) is 0 Å². The first-order valence-corrected chi connectivity index (χ1v) is 10.7. The maximum Gasteiger partial charge on any atom is 0.270 e. The molecule has 1 aromatic heterocycles. The van der Waals surface area contributed by atoms with Gasteiger partial charge in [0.05, 0.1) is 0 Å². The predicted molar refractivity (Wildman–Crippen MR) is 100 cm³/mol. The van der Waals surface area contributed by atoms with Crippen LogP contribution in [0.2, 0.25) is 0 Å². The molecule has 7 nitrogen and oxygen atoms in total.